The second-order valence-electron chi connectivity index (χ2n) is 3.14. The molecule has 1 aromatic carbocycles. The molecule has 0 spiro atoms. The predicted molar refractivity (Wildman–Crippen MR) is 67.6 cm³/mol. The van der Waals surface area contributed by atoms with Crippen molar-refractivity contribution in [2.45, 2.75) is 5.25 Å². The monoisotopic (exact) mass is 245 g/mol. The van der Waals surface area contributed by atoms with Crippen molar-refractivity contribution in [3.63, 3.8) is 0 Å². The maximum Gasteiger partial charge on any atom is 0.0553 e. The maximum atomic E-state index is 5.83. The zero-order chi connectivity index (χ0) is 11.1. The minimum Gasteiger partial charge on any atom is -0.384 e. The van der Waals surface area contributed by atoms with Crippen LogP contribution in [0.5, 0.6) is 0 Å². The molecule has 1 rings (SSSR count). The maximum absolute atomic E-state index is 5.83. The Morgan fingerprint density at radius 3 is 2.60 bits per heavy atom. The van der Waals surface area contributed by atoms with E-state index in [1.54, 1.807) is 7.11 Å². The van der Waals surface area contributed by atoms with E-state index < -0.39 is 0 Å². The van der Waals surface area contributed by atoms with Crippen LogP contribution in [0, 0.1) is 0 Å². The van der Waals surface area contributed by atoms with Gasteiger partial charge in [-0.3, -0.25) is 0 Å². The van der Waals surface area contributed by atoms with Crippen molar-refractivity contribution in [3.05, 3.63) is 34.9 Å². The van der Waals surface area contributed by atoms with Crippen LogP contribution in [0.3, 0.4) is 0 Å². The highest BCUT2D eigenvalue weighted by atomic mass is 35.5. The molecule has 0 aliphatic rings. The molecule has 84 valence electrons. The SMILES string of the molecule is COCCSC(CN)c1ccc(Cl)cc1. The van der Waals surface area contributed by atoms with Gasteiger partial charge in [0.1, 0.15) is 0 Å². The number of ether oxygens (including phenoxy) is 1. The molecule has 0 saturated carbocycles. The van der Waals surface area contributed by atoms with E-state index in [0.29, 0.717) is 11.8 Å². The van der Waals surface area contributed by atoms with Gasteiger partial charge in [-0.15, -0.1) is 0 Å². The molecule has 1 unspecified atom stereocenters. The van der Waals surface area contributed by atoms with Gasteiger partial charge in [0.2, 0.25) is 0 Å². The number of rotatable bonds is 6. The number of thioether (sulfide) groups is 1. The van der Waals surface area contributed by atoms with E-state index in [2.05, 4.69) is 0 Å². The van der Waals surface area contributed by atoms with Crippen molar-refractivity contribution in [1.29, 1.82) is 0 Å². The van der Waals surface area contributed by atoms with Gasteiger partial charge in [-0.1, -0.05) is 23.7 Å². The van der Waals surface area contributed by atoms with Crippen LogP contribution in [0.1, 0.15) is 10.8 Å². The first-order chi connectivity index (χ1) is 7.27. The normalized spacial score (nSPS) is 12.7. The number of hydrogen-bond acceptors (Lipinski definition) is 3. The summed E-state index contributed by atoms with van der Waals surface area (Å²) in [5, 5.41) is 1.09. The summed E-state index contributed by atoms with van der Waals surface area (Å²) in [7, 11) is 1.71. The van der Waals surface area contributed by atoms with Gasteiger partial charge in [-0.05, 0) is 17.7 Å². The molecule has 0 heterocycles. The summed E-state index contributed by atoms with van der Waals surface area (Å²) in [5.41, 5.74) is 6.96. The van der Waals surface area contributed by atoms with Gasteiger partial charge in [0.25, 0.3) is 0 Å². The average molecular weight is 246 g/mol. The Balaban J connectivity index is 2.53. The molecule has 2 nitrogen and oxygen atoms in total. The van der Waals surface area contributed by atoms with Crippen molar-refractivity contribution < 1.29 is 4.74 Å². The fraction of sp³-hybridized carbons (Fsp3) is 0.455. The van der Waals surface area contributed by atoms with Crippen molar-refractivity contribution in [2.24, 2.45) is 5.73 Å². The summed E-state index contributed by atoms with van der Waals surface area (Å²) in [6, 6.07) is 7.85. The van der Waals surface area contributed by atoms with Crippen LogP contribution in [0.25, 0.3) is 0 Å². The first-order valence-electron chi connectivity index (χ1n) is 4.84. The Hall–Kier alpha value is -0.220. The first-order valence-corrected chi connectivity index (χ1v) is 6.26. The molecule has 4 heteroatoms. The molecule has 15 heavy (non-hydrogen) atoms. The molecule has 0 fully saturated rings. The van der Waals surface area contributed by atoms with E-state index in [9.17, 15) is 0 Å². The van der Waals surface area contributed by atoms with Crippen molar-refractivity contribution in [3.8, 4) is 0 Å². The highest BCUT2D eigenvalue weighted by Crippen LogP contribution is 2.28. The number of benzene rings is 1. The molecule has 0 aromatic heterocycles. The van der Waals surface area contributed by atoms with Gasteiger partial charge in [0.05, 0.1) is 6.61 Å². The molecule has 0 radical (unpaired) electrons. The predicted octanol–water partition coefficient (Wildman–Crippen LogP) is 2.72. The minimum absolute atomic E-state index is 0.331. The van der Waals surface area contributed by atoms with Crippen molar-refractivity contribution in [2.75, 3.05) is 26.0 Å². The molecule has 0 aliphatic carbocycles. The second-order valence-corrected chi connectivity index (χ2v) is 4.89. The molecule has 2 N–H and O–H groups in total. The van der Waals surface area contributed by atoms with Gasteiger partial charge < -0.3 is 10.5 Å². The summed E-state index contributed by atoms with van der Waals surface area (Å²) < 4.78 is 5.01. The molecule has 1 aromatic rings. The molecule has 0 aliphatic heterocycles. The lowest BCUT2D eigenvalue weighted by Crippen LogP contribution is -2.10. The fourth-order valence-electron chi connectivity index (χ4n) is 1.25. The third kappa shape index (κ3) is 4.43. The van der Waals surface area contributed by atoms with Gasteiger partial charge in [0.15, 0.2) is 0 Å². The number of nitrogens with two attached hydrogens (primary N) is 1. The Labute approximate surface area is 100 Å². The topological polar surface area (TPSA) is 35.2 Å². The van der Waals surface area contributed by atoms with Gasteiger partial charge in [-0.25, -0.2) is 0 Å². The largest absolute Gasteiger partial charge is 0.384 e. The van der Waals surface area contributed by atoms with E-state index in [-0.39, 0.29) is 0 Å². The lowest BCUT2D eigenvalue weighted by atomic mass is 10.1. The molecule has 1 atom stereocenters. The zero-order valence-electron chi connectivity index (χ0n) is 8.78. The summed E-state index contributed by atoms with van der Waals surface area (Å²) in [5.74, 6) is 0.959. The van der Waals surface area contributed by atoms with Crippen LogP contribution in [0.2, 0.25) is 5.02 Å². The van der Waals surface area contributed by atoms with Crippen LogP contribution in [-0.2, 0) is 4.74 Å². The summed E-state index contributed by atoms with van der Waals surface area (Å²) >= 11 is 7.64. The van der Waals surface area contributed by atoms with Crippen molar-refractivity contribution >= 4 is 23.4 Å². The van der Waals surface area contributed by atoms with Gasteiger partial charge in [0, 0.05) is 29.7 Å². The summed E-state index contributed by atoms with van der Waals surface area (Å²) in [6.45, 7) is 1.39. The first kappa shape index (κ1) is 12.8. The quantitative estimate of drug-likeness (QED) is 0.783. The van der Waals surface area contributed by atoms with Crippen LogP contribution < -0.4 is 5.73 Å². The summed E-state index contributed by atoms with van der Waals surface area (Å²) in [6.07, 6.45) is 0. The molecule has 0 saturated heterocycles. The standard InChI is InChI=1S/C11H16ClNOS/c1-14-6-7-15-11(8-13)9-2-4-10(12)5-3-9/h2-5,11H,6-8,13H2,1H3. The Morgan fingerprint density at radius 2 is 2.07 bits per heavy atom. The number of halogens is 1. The number of hydrogen-bond donors (Lipinski definition) is 1. The minimum atomic E-state index is 0.331. The second kappa shape index (κ2) is 7.12. The smallest absolute Gasteiger partial charge is 0.0553 e. The van der Waals surface area contributed by atoms with Crippen molar-refractivity contribution in [1.82, 2.24) is 0 Å². The fourth-order valence-corrected chi connectivity index (χ4v) is 2.41. The van der Waals surface area contributed by atoms with Crippen LogP contribution in [0.15, 0.2) is 24.3 Å². The van der Waals surface area contributed by atoms with Crippen LogP contribution >= 0.6 is 23.4 Å². The third-order valence-electron chi connectivity index (χ3n) is 2.06. The highest BCUT2D eigenvalue weighted by Gasteiger charge is 2.09. The van der Waals surface area contributed by atoms with Crippen LogP contribution in [-0.4, -0.2) is 26.0 Å². The lowest BCUT2D eigenvalue weighted by Gasteiger charge is -2.14. The Bertz CT molecular complexity index is 278. The Kier molecular flexibility index (Phi) is 6.10. The highest BCUT2D eigenvalue weighted by molar-refractivity contribution is 7.99. The van der Waals surface area contributed by atoms with E-state index in [0.717, 1.165) is 17.4 Å². The van der Waals surface area contributed by atoms with Crippen LogP contribution in [0.4, 0.5) is 0 Å². The van der Waals surface area contributed by atoms with E-state index in [1.807, 2.05) is 36.0 Å². The molecular formula is C11H16ClNOS. The van der Waals surface area contributed by atoms with Gasteiger partial charge >= 0.3 is 0 Å². The zero-order valence-corrected chi connectivity index (χ0v) is 10.4. The van der Waals surface area contributed by atoms with E-state index in [4.69, 9.17) is 22.1 Å². The molecule has 0 bridgehead atoms. The number of methoxy groups -OCH3 is 1. The molecule has 0 amide bonds. The average Bonchev–Trinajstić information content (AvgIpc) is 2.26. The summed E-state index contributed by atoms with van der Waals surface area (Å²) in [4.78, 5) is 0. The molecular weight excluding hydrogens is 230 g/mol. The lowest BCUT2D eigenvalue weighted by molar-refractivity contribution is 0.218. The van der Waals surface area contributed by atoms with E-state index >= 15 is 0 Å². The Morgan fingerprint density at radius 1 is 1.40 bits per heavy atom. The third-order valence-corrected chi connectivity index (χ3v) is 3.58. The van der Waals surface area contributed by atoms with Gasteiger partial charge in [-0.2, -0.15) is 11.8 Å². The van der Waals surface area contributed by atoms with E-state index in [1.165, 1.54) is 5.56 Å².